The van der Waals surface area contributed by atoms with Gasteiger partial charge in [-0.15, -0.1) is 0 Å². The molecule has 15 heavy (non-hydrogen) atoms. The van der Waals surface area contributed by atoms with Crippen LogP contribution in [0, 0.1) is 11.3 Å². The number of hydrogen-bond acceptors (Lipinski definition) is 4. The van der Waals surface area contributed by atoms with Gasteiger partial charge in [-0.2, -0.15) is 5.26 Å². The molecule has 1 aromatic rings. The summed E-state index contributed by atoms with van der Waals surface area (Å²) in [4.78, 5) is 0. The van der Waals surface area contributed by atoms with Crippen LogP contribution in [0.2, 0.25) is 0 Å². The molecule has 5 nitrogen and oxygen atoms in total. The van der Waals surface area contributed by atoms with Crippen molar-refractivity contribution in [2.75, 3.05) is 10.7 Å². The van der Waals surface area contributed by atoms with Crippen molar-refractivity contribution in [3.63, 3.8) is 0 Å². The highest BCUT2D eigenvalue weighted by Gasteiger charge is 2.21. The molecular weight excluding hydrogens is 216 g/mol. The zero-order valence-corrected chi connectivity index (χ0v) is 8.54. The Morgan fingerprint density at radius 1 is 1.53 bits per heavy atom. The van der Waals surface area contributed by atoms with Gasteiger partial charge in [0.2, 0.25) is 5.94 Å². The van der Waals surface area contributed by atoms with Gasteiger partial charge in [-0.25, -0.2) is 8.42 Å². The molecule has 1 N–H and O–H groups in total. The van der Waals surface area contributed by atoms with Gasteiger partial charge in [-0.1, -0.05) is 6.07 Å². The van der Waals surface area contributed by atoms with Gasteiger partial charge in [0.15, 0.2) is 0 Å². The van der Waals surface area contributed by atoms with Gasteiger partial charge in [0.25, 0.3) is 10.0 Å². The van der Waals surface area contributed by atoms with Crippen molar-refractivity contribution >= 4 is 15.7 Å². The van der Waals surface area contributed by atoms with E-state index in [4.69, 9.17) is 10.00 Å². The van der Waals surface area contributed by atoms with Gasteiger partial charge in [-0.05, 0) is 17.7 Å². The van der Waals surface area contributed by atoms with Gasteiger partial charge in [0.05, 0.1) is 18.2 Å². The first-order chi connectivity index (χ1) is 7.11. The number of anilines is 1. The topological polar surface area (TPSA) is 79.2 Å². The molecule has 0 saturated carbocycles. The third-order valence-corrected chi connectivity index (χ3v) is 2.92. The maximum absolute atomic E-state index is 11.2. The third kappa shape index (κ3) is 2.02. The first-order valence-corrected chi connectivity index (χ1v) is 5.89. The van der Waals surface area contributed by atoms with E-state index in [0.29, 0.717) is 11.4 Å². The van der Waals surface area contributed by atoms with Crippen molar-refractivity contribution in [2.24, 2.45) is 0 Å². The number of nitriles is 1. The van der Waals surface area contributed by atoms with Gasteiger partial charge in [0, 0.05) is 0 Å². The van der Waals surface area contributed by atoms with Crippen LogP contribution in [-0.2, 0) is 16.4 Å². The maximum atomic E-state index is 11.2. The summed E-state index contributed by atoms with van der Waals surface area (Å²) in [6, 6.07) is 6.99. The minimum absolute atomic E-state index is 0.245. The van der Waals surface area contributed by atoms with Gasteiger partial charge >= 0.3 is 0 Å². The predicted octanol–water partition coefficient (Wildman–Crippen LogP) is 0.844. The van der Waals surface area contributed by atoms with Crippen LogP contribution < -0.4 is 9.46 Å². The second kappa shape index (κ2) is 3.44. The molecule has 0 atom stereocenters. The minimum Gasteiger partial charge on any atom is -0.474 e. The van der Waals surface area contributed by atoms with E-state index in [1.807, 2.05) is 6.07 Å². The SMILES string of the molecule is N#CCc1ccc2c(c1)NS(=O)(=O)CO2. The average Bonchev–Trinajstić information content (AvgIpc) is 2.16. The molecule has 0 saturated heterocycles. The Balaban J connectivity index is 2.40. The summed E-state index contributed by atoms with van der Waals surface area (Å²) in [5.41, 5.74) is 1.15. The molecule has 2 rings (SSSR count). The number of fused-ring (bicyclic) bond motifs is 1. The first-order valence-electron chi connectivity index (χ1n) is 4.24. The molecule has 6 heteroatoms. The van der Waals surface area contributed by atoms with Crippen LogP contribution in [0.5, 0.6) is 5.75 Å². The molecule has 1 aliphatic rings. The van der Waals surface area contributed by atoms with Crippen molar-refractivity contribution in [3.05, 3.63) is 23.8 Å². The molecular formula is C9H8N2O3S. The normalized spacial score (nSPS) is 16.7. The molecule has 0 spiro atoms. The molecule has 0 radical (unpaired) electrons. The van der Waals surface area contributed by atoms with E-state index in [1.165, 1.54) is 0 Å². The summed E-state index contributed by atoms with van der Waals surface area (Å²) in [6.07, 6.45) is 0.245. The van der Waals surface area contributed by atoms with E-state index in [-0.39, 0.29) is 12.4 Å². The van der Waals surface area contributed by atoms with E-state index >= 15 is 0 Å². The van der Waals surface area contributed by atoms with Crippen molar-refractivity contribution in [1.29, 1.82) is 5.26 Å². The quantitative estimate of drug-likeness (QED) is 0.766. The molecule has 1 aliphatic heterocycles. The van der Waals surface area contributed by atoms with E-state index < -0.39 is 10.0 Å². The Kier molecular flexibility index (Phi) is 2.25. The fraction of sp³-hybridized carbons (Fsp3) is 0.222. The van der Waals surface area contributed by atoms with Crippen LogP contribution in [0.3, 0.4) is 0 Å². The van der Waals surface area contributed by atoms with Gasteiger partial charge in [-0.3, -0.25) is 4.72 Å². The van der Waals surface area contributed by atoms with Crippen LogP contribution >= 0.6 is 0 Å². The zero-order chi connectivity index (χ0) is 10.9. The molecule has 0 bridgehead atoms. The number of sulfonamides is 1. The Morgan fingerprint density at radius 2 is 2.33 bits per heavy atom. The lowest BCUT2D eigenvalue weighted by Crippen LogP contribution is -2.25. The Labute approximate surface area is 87.3 Å². The standard InChI is InChI=1S/C9H8N2O3S/c10-4-3-7-1-2-9-8(5-7)11-15(12,13)6-14-9/h1-2,5,11H,3,6H2. The summed E-state index contributed by atoms with van der Waals surface area (Å²) in [5.74, 6) is 0.129. The van der Waals surface area contributed by atoms with Crippen molar-refractivity contribution in [3.8, 4) is 11.8 Å². The molecule has 0 amide bonds. The van der Waals surface area contributed by atoms with Crippen molar-refractivity contribution in [1.82, 2.24) is 0 Å². The van der Waals surface area contributed by atoms with Gasteiger partial charge < -0.3 is 4.74 Å². The van der Waals surface area contributed by atoms with Crippen LogP contribution in [0.15, 0.2) is 18.2 Å². The highest BCUT2D eigenvalue weighted by atomic mass is 32.2. The lowest BCUT2D eigenvalue weighted by atomic mass is 10.1. The highest BCUT2D eigenvalue weighted by Crippen LogP contribution is 2.30. The Morgan fingerprint density at radius 3 is 3.07 bits per heavy atom. The largest absolute Gasteiger partial charge is 0.474 e. The van der Waals surface area contributed by atoms with Crippen LogP contribution in [0.4, 0.5) is 5.69 Å². The third-order valence-electron chi connectivity index (χ3n) is 1.96. The molecule has 1 aromatic carbocycles. The van der Waals surface area contributed by atoms with Crippen molar-refractivity contribution in [2.45, 2.75) is 6.42 Å². The highest BCUT2D eigenvalue weighted by molar-refractivity contribution is 7.92. The fourth-order valence-electron chi connectivity index (χ4n) is 1.32. The average molecular weight is 224 g/mol. The smallest absolute Gasteiger partial charge is 0.268 e. The number of nitrogens with zero attached hydrogens (tertiary/aromatic N) is 1. The van der Waals surface area contributed by atoms with Crippen molar-refractivity contribution < 1.29 is 13.2 Å². The number of ether oxygens (including phenoxy) is 1. The molecule has 0 aromatic heterocycles. The minimum atomic E-state index is -3.38. The molecule has 78 valence electrons. The second-order valence-corrected chi connectivity index (χ2v) is 4.81. The number of benzene rings is 1. The predicted molar refractivity (Wildman–Crippen MR) is 53.8 cm³/mol. The monoisotopic (exact) mass is 224 g/mol. The van der Waals surface area contributed by atoms with Crippen LogP contribution in [0.1, 0.15) is 5.56 Å². The molecule has 0 unspecified atom stereocenters. The molecule has 0 fully saturated rings. The Bertz CT molecular complexity index is 531. The summed E-state index contributed by atoms with van der Waals surface area (Å²) < 4.78 is 29.8. The fourth-order valence-corrected chi connectivity index (χ4v) is 2.16. The van der Waals surface area contributed by atoms with E-state index in [2.05, 4.69) is 4.72 Å². The second-order valence-electron chi connectivity index (χ2n) is 3.14. The van der Waals surface area contributed by atoms with Crippen LogP contribution in [-0.4, -0.2) is 14.4 Å². The lowest BCUT2D eigenvalue weighted by molar-refractivity contribution is 0.374. The van der Waals surface area contributed by atoms with E-state index in [9.17, 15) is 8.42 Å². The van der Waals surface area contributed by atoms with E-state index in [1.54, 1.807) is 18.2 Å². The zero-order valence-electron chi connectivity index (χ0n) is 7.73. The van der Waals surface area contributed by atoms with Crippen LogP contribution in [0.25, 0.3) is 0 Å². The summed E-state index contributed by atoms with van der Waals surface area (Å²) in [5, 5.41) is 8.51. The number of hydrogen-bond donors (Lipinski definition) is 1. The lowest BCUT2D eigenvalue weighted by Gasteiger charge is -2.19. The molecule has 1 heterocycles. The van der Waals surface area contributed by atoms with Gasteiger partial charge in [0.1, 0.15) is 5.75 Å². The number of nitrogens with one attached hydrogen (secondary N) is 1. The Hall–Kier alpha value is -1.74. The maximum Gasteiger partial charge on any atom is 0.268 e. The summed E-state index contributed by atoms with van der Waals surface area (Å²) in [6.45, 7) is 0. The summed E-state index contributed by atoms with van der Waals surface area (Å²) >= 11 is 0. The van der Waals surface area contributed by atoms with E-state index in [0.717, 1.165) is 5.56 Å². The first kappa shape index (κ1) is 9.80. The molecule has 0 aliphatic carbocycles. The number of rotatable bonds is 1. The summed E-state index contributed by atoms with van der Waals surface area (Å²) in [7, 11) is -3.38.